The molecule has 3 heterocycles. The minimum Gasteiger partial charge on any atom is -0.368 e. The summed E-state index contributed by atoms with van der Waals surface area (Å²) in [4.78, 5) is 30.9. The average Bonchev–Trinajstić information content (AvgIpc) is 2.83. The number of fused-ring (bicyclic) bond motifs is 2. The van der Waals surface area contributed by atoms with Crippen LogP contribution < -0.4 is 16.6 Å². The first-order chi connectivity index (χ1) is 16.5. The van der Waals surface area contributed by atoms with Crippen LogP contribution in [0.3, 0.4) is 0 Å². The highest BCUT2D eigenvalue weighted by atomic mass is 35.5. The van der Waals surface area contributed by atoms with Gasteiger partial charge in [-0.1, -0.05) is 29.8 Å². The first-order valence-corrected chi connectivity index (χ1v) is 10.7. The van der Waals surface area contributed by atoms with E-state index < -0.39 is 6.04 Å². The van der Waals surface area contributed by atoms with Crippen molar-refractivity contribution < 1.29 is 0 Å². The van der Waals surface area contributed by atoms with Gasteiger partial charge in [0.1, 0.15) is 23.3 Å². The predicted molar refractivity (Wildman–Crippen MR) is 131 cm³/mol. The molecule has 0 aliphatic carbocycles. The van der Waals surface area contributed by atoms with Gasteiger partial charge < -0.3 is 11.1 Å². The van der Waals surface area contributed by atoms with Crippen LogP contribution in [0.1, 0.15) is 24.4 Å². The molecule has 0 spiro atoms. The molecule has 10 heteroatoms. The third-order valence-corrected chi connectivity index (χ3v) is 5.70. The Kier molecular flexibility index (Phi) is 5.28. The molecule has 0 saturated carbocycles. The minimum absolute atomic E-state index is 0.0185. The Bertz CT molecular complexity index is 1670. The van der Waals surface area contributed by atoms with Gasteiger partial charge in [-0.3, -0.25) is 14.3 Å². The monoisotopic (exact) mass is 468 g/mol. The van der Waals surface area contributed by atoms with Gasteiger partial charge in [0.15, 0.2) is 0 Å². The number of aromatic nitrogens is 5. The fraction of sp³-hybridized carbons (Fsp3) is 0.0833. The molecule has 34 heavy (non-hydrogen) atoms. The maximum atomic E-state index is 13.7. The molecule has 0 aliphatic rings. The van der Waals surface area contributed by atoms with E-state index in [4.69, 9.17) is 22.3 Å². The topological polar surface area (TPSA) is 135 Å². The Balaban J connectivity index is 1.74. The molecule has 9 nitrogen and oxygen atoms in total. The molecule has 166 valence electrons. The lowest BCUT2D eigenvalue weighted by Crippen LogP contribution is -2.27. The van der Waals surface area contributed by atoms with E-state index in [2.05, 4.69) is 20.3 Å². The fourth-order valence-corrected chi connectivity index (χ4v) is 4.05. The Morgan fingerprint density at radius 1 is 1.12 bits per heavy atom. The summed E-state index contributed by atoms with van der Waals surface area (Å²) in [6, 6.07) is 16.0. The maximum Gasteiger partial charge on any atom is 0.267 e. The number of nitriles is 1. The fourth-order valence-electron chi connectivity index (χ4n) is 3.80. The van der Waals surface area contributed by atoms with E-state index in [1.54, 1.807) is 24.4 Å². The number of rotatable bonds is 4. The third-order valence-electron chi connectivity index (χ3n) is 5.39. The van der Waals surface area contributed by atoms with Gasteiger partial charge in [0.25, 0.3) is 5.56 Å². The Labute approximate surface area is 198 Å². The second-order valence-electron chi connectivity index (χ2n) is 7.59. The molecule has 0 fully saturated rings. The summed E-state index contributed by atoms with van der Waals surface area (Å²) in [5.74, 6) is 0.663. The smallest absolute Gasteiger partial charge is 0.267 e. The molecule has 0 saturated heterocycles. The molecule has 3 N–H and O–H groups in total. The largest absolute Gasteiger partial charge is 0.368 e. The molecule has 5 aromatic rings. The number of benzene rings is 2. The van der Waals surface area contributed by atoms with Gasteiger partial charge in [0.2, 0.25) is 5.95 Å². The summed E-state index contributed by atoms with van der Waals surface area (Å²) in [6.07, 6.45) is 3.03. The molecule has 0 radical (unpaired) electrons. The van der Waals surface area contributed by atoms with E-state index in [1.807, 2.05) is 43.3 Å². The van der Waals surface area contributed by atoms with E-state index in [9.17, 15) is 10.1 Å². The zero-order valence-corrected chi connectivity index (χ0v) is 18.7. The summed E-state index contributed by atoms with van der Waals surface area (Å²) in [5, 5.41) is 14.1. The van der Waals surface area contributed by atoms with Crippen molar-refractivity contribution in [2.45, 2.75) is 13.0 Å². The lowest BCUT2D eigenvalue weighted by atomic mass is 10.1. The molecular weight excluding hydrogens is 452 g/mol. The number of nitrogens with two attached hydrogens (primary N) is 1. The molecule has 1 atom stereocenters. The van der Waals surface area contributed by atoms with E-state index >= 15 is 0 Å². The summed E-state index contributed by atoms with van der Waals surface area (Å²) < 4.78 is 1.50. The zero-order chi connectivity index (χ0) is 23.8. The molecule has 0 amide bonds. The number of anilines is 2. The van der Waals surface area contributed by atoms with Gasteiger partial charge in [-0.2, -0.15) is 10.2 Å². The highest BCUT2D eigenvalue weighted by Gasteiger charge is 2.21. The van der Waals surface area contributed by atoms with Crippen LogP contribution in [0, 0.1) is 11.3 Å². The van der Waals surface area contributed by atoms with Crippen molar-refractivity contribution >= 4 is 45.2 Å². The Morgan fingerprint density at radius 2 is 1.97 bits per heavy atom. The number of hydrogen-bond acceptors (Lipinski definition) is 8. The number of pyridine rings is 1. The van der Waals surface area contributed by atoms with E-state index in [0.717, 1.165) is 10.9 Å². The molecule has 0 bridgehead atoms. The Morgan fingerprint density at radius 3 is 2.79 bits per heavy atom. The van der Waals surface area contributed by atoms with Crippen molar-refractivity contribution in [3.8, 4) is 11.8 Å². The van der Waals surface area contributed by atoms with Crippen LogP contribution in [-0.4, -0.2) is 24.5 Å². The second kappa shape index (κ2) is 8.42. The molecule has 1 unspecified atom stereocenters. The SMILES string of the molecule is CC(Nc1nc(N)ncc1C#N)c1nc2cccc(Cl)c2c(=O)n1-c1ccc2cccnc2c1. The third kappa shape index (κ3) is 3.66. The van der Waals surface area contributed by atoms with Gasteiger partial charge in [0.05, 0.1) is 39.4 Å². The van der Waals surface area contributed by atoms with Crippen LogP contribution in [0.15, 0.2) is 65.7 Å². The van der Waals surface area contributed by atoms with Crippen LogP contribution in [0.2, 0.25) is 5.02 Å². The Hall–Kier alpha value is -4.55. The van der Waals surface area contributed by atoms with Crippen molar-refractivity contribution in [2.24, 2.45) is 0 Å². The van der Waals surface area contributed by atoms with Crippen LogP contribution >= 0.6 is 11.6 Å². The van der Waals surface area contributed by atoms with Gasteiger partial charge >= 0.3 is 0 Å². The molecular formula is C24H17ClN8O. The first kappa shape index (κ1) is 21.3. The van der Waals surface area contributed by atoms with E-state index in [-0.39, 0.29) is 22.9 Å². The van der Waals surface area contributed by atoms with Crippen molar-refractivity contribution in [1.29, 1.82) is 5.26 Å². The van der Waals surface area contributed by atoms with Crippen LogP contribution in [-0.2, 0) is 0 Å². The molecule has 5 rings (SSSR count). The number of halogens is 1. The standard InChI is InChI=1S/C24H17ClN8O/c1-13(30-21-15(11-26)12-29-24(27)32-21)22-31-18-6-2-5-17(25)20(18)23(34)33(22)16-8-7-14-4-3-9-28-19(14)10-16/h2-10,12-13H,1H3,(H3,27,29,30,32). The normalized spacial score (nSPS) is 11.9. The number of nitrogen functional groups attached to an aromatic ring is 1. The molecule has 2 aromatic carbocycles. The summed E-state index contributed by atoms with van der Waals surface area (Å²) in [5.41, 5.74) is 7.38. The van der Waals surface area contributed by atoms with Crippen LogP contribution in [0.4, 0.5) is 11.8 Å². The van der Waals surface area contributed by atoms with Crippen molar-refractivity contribution in [3.05, 3.63) is 87.7 Å². The number of nitrogens with zero attached hydrogens (tertiary/aromatic N) is 6. The summed E-state index contributed by atoms with van der Waals surface area (Å²) in [6.45, 7) is 1.81. The second-order valence-corrected chi connectivity index (χ2v) is 8.00. The van der Waals surface area contributed by atoms with Crippen LogP contribution in [0.25, 0.3) is 27.5 Å². The summed E-state index contributed by atoms with van der Waals surface area (Å²) in [7, 11) is 0. The quantitative estimate of drug-likeness (QED) is 0.404. The van der Waals surface area contributed by atoms with E-state index in [0.29, 0.717) is 27.4 Å². The van der Waals surface area contributed by atoms with Crippen molar-refractivity contribution in [1.82, 2.24) is 24.5 Å². The number of nitrogens with one attached hydrogen (secondary N) is 1. The van der Waals surface area contributed by atoms with E-state index in [1.165, 1.54) is 10.8 Å². The lowest BCUT2D eigenvalue weighted by molar-refractivity contribution is 0.731. The number of hydrogen-bond donors (Lipinski definition) is 2. The van der Waals surface area contributed by atoms with Gasteiger partial charge in [0, 0.05) is 11.6 Å². The predicted octanol–water partition coefficient (Wildman–Crippen LogP) is 4.00. The maximum absolute atomic E-state index is 13.7. The highest BCUT2D eigenvalue weighted by molar-refractivity contribution is 6.35. The van der Waals surface area contributed by atoms with Crippen molar-refractivity contribution in [2.75, 3.05) is 11.1 Å². The molecule has 3 aromatic heterocycles. The van der Waals surface area contributed by atoms with Gasteiger partial charge in [-0.25, -0.2) is 9.97 Å². The lowest BCUT2D eigenvalue weighted by Gasteiger charge is -2.21. The summed E-state index contributed by atoms with van der Waals surface area (Å²) >= 11 is 6.39. The van der Waals surface area contributed by atoms with Gasteiger partial charge in [-0.15, -0.1) is 0 Å². The average molecular weight is 469 g/mol. The highest BCUT2D eigenvalue weighted by Crippen LogP contribution is 2.26. The van der Waals surface area contributed by atoms with Crippen LogP contribution in [0.5, 0.6) is 0 Å². The minimum atomic E-state index is -0.545. The zero-order valence-electron chi connectivity index (χ0n) is 17.9. The van der Waals surface area contributed by atoms with Crippen molar-refractivity contribution in [3.63, 3.8) is 0 Å². The van der Waals surface area contributed by atoms with Gasteiger partial charge in [-0.05, 0) is 37.3 Å². The first-order valence-electron chi connectivity index (χ1n) is 10.3. The molecule has 0 aliphatic heterocycles.